The van der Waals surface area contributed by atoms with E-state index in [4.69, 9.17) is 0 Å². The van der Waals surface area contributed by atoms with Crippen molar-refractivity contribution < 1.29 is 0 Å². The van der Waals surface area contributed by atoms with E-state index in [0.29, 0.717) is 5.54 Å². The molecule has 4 bridgehead atoms. The molecule has 0 atom stereocenters. The van der Waals surface area contributed by atoms with Crippen molar-refractivity contribution in [3.63, 3.8) is 0 Å². The summed E-state index contributed by atoms with van der Waals surface area (Å²) in [6.07, 6.45) is 23.8. The van der Waals surface area contributed by atoms with Crippen molar-refractivity contribution in [2.24, 2.45) is 17.8 Å². The molecule has 6 aliphatic carbocycles. The van der Waals surface area contributed by atoms with E-state index in [-0.39, 0.29) is 0 Å². The Hall–Kier alpha value is -0.0800. The molecule has 0 heterocycles. The second kappa shape index (κ2) is 6.58. The second-order valence-electron chi connectivity index (χ2n) is 10.3. The van der Waals surface area contributed by atoms with Crippen molar-refractivity contribution in [2.75, 3.05) is 0 Å². The van der Waals surface area contributed by atoms with Crippen molar-refractivity contribution in [1.82, 2.24) is 10.4 Å². The Morgan fingerprint density at radius 3 is 1.42 bits per heavy atom. The standard InChI is InChI=1S/C22H38N2/c1-3-7-20(8-4-1)24(21-9-5-2-6-10-21)23-22-14-17-11-18(15-22)13-19(12-17)16-22/h17-21,23H,1-16H2. The highest BCUT2D eigenvalue weighted by molar-refractivity contribution is 5.06. The van der Waals surface area contributed by atoms with Gasteiger partial charge < -0.3 is 0 Å². The van der Waals surface area contributed by atoms with E-state index in [2.05, 4.69) is 10.4 Å². The minimum atomic E-state index is 0.504. The zero-order chi connectivity index (χ0) is 16.0. The van der Waals surface area contributed by atoms with Crippen LogP contribution in [0.3, 0.4) is 0 Å². The predicted molar refractivity (Wildman–Crippen MR) is 99.6 cm³/mol. The van der Waals surface area contributed by atoms with Gasteiger partial charge in [-0.25, -0.2) is 10.4 Å². The van der Waals surface area contributed by atoms with Gasteiger partial charge in [0.15, 0.2) is 0 Å². The molecule has 0 radical (unpaired) electrons. The van der Waals surface area contributed by atoms with Crippen LogP contribution in [0, 0.1) is 17.8 Å². The summed E-state index contributed by atoms with van der Waals surface area (Å²) in [7, 11) is 0. The number of rotatable bonds is 4. The largest absolute Gasteiger partial charge is 0.248 e. The van der Waals surface area contributed by atoms with E-state index in [1.807, 2.05) is 0 Å². The van der Waals surface area contributed by atoms with Gasteiger partial charge in [-0.3, -0.25) is 0 Å². The first kappa shape index (κ1) is 16.1. The van der Waals surface area contributed by atoms with Crippen LogP contribution in [0.15, 0.2) is 0 Å². The summed E-state index contributed by atoms with van der Waals surface area (Å²) >= 11 is 0. The SMILES string of the molecule is C1CCC(N(NC23CC4CC(CC(C4)C2)C3)C2CCCCC2)CC1. The van der Waals surface area contributed by atoms with Gasteiger partial charge in [0.25, 0.3) is 0 Å². The van der Waals surface area contributed by atoms with Crippen LogP contribution in [0.5, 0.6) is 0 Å². The van der Waals surface area contributed by atoms with Gasteiger partial charge in [-0.1, -0.05) is 38.5 Å². The smallest absolute Gasteiger partial charge is 0.0334 e. The van der Waals surface area contributed by atoms with Crippen LogP contribution in [0.1, 0.15) is 103 Å². The lowest BCUT2D eigenvalue weighted by atomic mass is 9.53. The third-order valence-electron chi connectivity index (χ3n) is 8.34. The number of nitrogens with zero attached hydrogens (tertiary/aromatic N) is 1. The summed E-state index contributed by atoms with van der Waals surface area (Å²) in [6.45, 7) is 0. The summed E-state index contributed by atoms with van der Waals surface area (Å²) in [5.74, 6) is 3.18. The maximum Gasteiger partial charge on any atom is 0.0334 e. The van der Waals surface area contributed by atoms with E-state index in [1.165, 1.54) is 83.5 Å². The summed E-state index contributed by atoms with van der Waals surface area (Å²) in [5.41, 5.74) is 4.84. The normalized spacial score (nSPS) is 43.6. The second-order valence-corrected chi connectivity index (χ2v) is 10.3. The van der Waals surface area contributed by atoms with Crippen LogP contribution in [-0.2, 0) is 0 Å². The van der Waals surface area contributed by atoms with Crippen LogP contribution < -0.4 is 5.43 Å². The Kier molecular flexibility index (Phi) is 4.42. The molecule has 6 saturated carbocycles. The van der Waals surface area contributed by atoms with Gasteiger partial charge >= 0.3 is 0 Å². The number of hydrogen-bond donors (Lipinski definition) is 1. The Bertz CT molecular complexity index is 380. The van der Waals surface area contributed by atoms with Gasteiger partial charge in [-0.15, -0.1) is 0 Å². The lowest BCUT2D eigenvalue weighted by molar-refractivity contribution is -0.0904. The minimum Gasteiger partial charge on any atom is -0.248 e. The van der Waals surface area contributed by atoms with E-state index < -0.39 is 0 Å². The summed E-state index contributed by atoms with van der Waals surface area (Å²) in [4.78, 5) is 0. The van der Waals surface area contributed by atoms with Crippen molar-refractivity contribution in [2.45, 2.75) is 120 Å². The molecule has 136 valence electrons. The molecular formula is C22H38N2. The Morgan fingerprint density at radius 2 is 1.00 bits per heavy atom. The van der Waals surface area contributed by atoms with Crippen LogP contribution in [0.2, 0.25) is 0 Å². The molecule has 6 aliphatic rings. The fourth-order valence-electron chi connectivity index (χ4n) is 7.72. The lowest BCUT2D eigenvalue weighted by Crippen LogP contribution is -2.66. The minimum absolute atomic E-state index is 0.504. The quantitative estimate of drug-likeness (QED) is 0.692. The Morgan fingerprint density at radius 1 is 0.583 bits per heavy atom. The topological polar surface area (TPSA) is 15.3 Å². The van der Waals surface area contributed by atoms with Crippen LogP contribution in [0.4, 0.5) is 0 Å². The number of hydrogen-bond acceptors (Lipinski definition) is 2. The number of hydrazine groups is 1. The Balaban J connectivity index is 1.35. The molecule has 0 saturated heterocycles. The Labute approximate surface area is 149 Å². The lowest BCUT2D eigenvalue weighted by Gasteiger charge is -2.59. The van der Waals surface area contributed by atoms with E-state index in [9.17, 15) is 0 Å². The van der Waals surface area contributed by atoms with Crippen LogP contribution >= 0.6 is 0 Å². The average molecular weight is 331 g/mol. The molecule has 2 nitrogen and oxygen atoms in total. The van der Waals surface area contributed by atoms with Gasteiger partial charge in [-0.05, 0) is 82.0 Å². The van der Waals surface area contributed by atoms with E-state index >= 15 is 0 Å². The van der Waals surface area contributed by atoms with Gasteiger partial charge in [0.2, 0.25) is 0 Å². The summed E-state index contributed by atoms with van der Waals surface area (Å²) in [5, 5.41) is 2.89. The highest BCUT2D eigenvalue weighted by Crippen LogP contribution is 2.56. The molecule has 6 rings (SSSR count). The first-order chi connectivity index (χ1) is 11.8. The van der Waals surface area contributed by atoms with Crippen LogP contribution in [-0.4, -0.2) is 22.6 Å². The van der Waals surface area contributed by atoms with Crippen molar-refractivity contribution in [3.05, 3.63) is 0 Å². The summed E-state index contributed by atoms with van der Waals surface area (Å²) < 4.78 is 0. The first-order valence-electron chi connectivity index (χ1n) is 11.4. The third-order valence-corrected chi connectivity index (χ3v) is 8.34. The van der Waals surface area contributed by atoms with E-state index in [0.717, 1.165) is 29.8 Å². The maximum absolute atomic E-state index is 4.33. The predicted octanol–water partition coefficient (Wildman–Crippen LogP) is 5.43. The number of nitrogens with one attached hydrogen (secondary N) is 1. The van der Waals surface area contributed by atoms with Crippen molar-refractivity contribution >= 4 is 0 Å². The van der Waals surface area contributed by atoms with Crippen molar-refractivity contribution in [1.29, 1.82) is 0 Å². The molecule has 0 spiro atoms. The summed E-state index contributed by atoms with van der Waals surface area (Å²) in [6, 6.07) is 1.68. The highest BCUT2D eigenvalue weighted by atomic mass is 15.6. The molecule has 2 heteroatoms. The molecule has 0 aromatic heterocycles. The molecule has 1 N–H and O–H groups in total. The van der Waals surface area contributed by atoms with Gasteiger partial charge in [-0.2, -0.15) is 0 Å². The average Bonchev–Trinajstić information content (AvgIpc) is 2.60. The van der Waals surface area contributed by atoms with Gasteiger partial charge in [0, 0.05) is 17.6 Å². The fourth-order valence-corrected chi connectivity index (χ4v) is 7.72. The molecular weight excluding hydrogens is 292 g/mol. The van der Waals surface area contributed by atoms with Crippen LogP contribution in [0.25, 0.3) is 0 Å². The van der Waals surface area contributed by atoms with Crippen molar-refractivity contribution in [3.8, 4) is 0 Å². The molecule has 0 amide bonds. The first-order valence-corrected chi connectivity index (χ1v) is 11.4. The molecule has 0 aliphatic heterocycles. The molecule has 0 aromatic rings. The maximum atomic E-state index is 4.33. The molecule has 0 unspecified atom stereocenters. The van der Waals surface area contributed by atoms with E-state index in [1.54, 1.807) is 19.3 Å². The highest BCUT2D eigenvalue weighted by Gasteiger charge is 2.52. The molecule has 0 aromatic carbocycles. The van der Waals surface area contributed by atoms with Gasteiger partial charge in [0.1, 0.15) is 0 Å². The zero-order valence-electron chi connectivity index (χ0n) is 15.6. The molecule has 24 heavy (non-hydrogen) atoms. The monoisotopic (exact) mass is 330 g/mol. The fraction of sp³-hybridized carbons (Fsp3) is 1.00. The molecule has 6 fully saturated rings. The third kappa shape index (κ3) is 3.07. The van der Waals surface area contributed by atoms with Gasteiger partial charge in [0.05, 0.1) is 0 Å². The zero-order valence-corrected chi connectivity index (χ0v) is 15.6.